The van der Waals surface area contributed by atoms with Crippen molar-refractivity contribution in [3.63, 3.8) is 0 Å². The average molecular weight is 377 g/mol. The summed E-state index contributed by atoms with van der Waals surface area (Å²) in [7, 11) is 1.93. The fourth-order valence-electron chi connectivity index (χ4n) is 4.28. The summed E-state index contributed by atoms with van der Waals surface area (Å²) in [5.41, 5.74) is 3.24. The van der Waals surface area contributed by atoms with E-state index in [0.29, 0.717) is 45.1 Å². The highest BCUT2D eigenvalue weighted by Gasteiger charge is 2.30. The average Bonchev–Trinajstić information content (AvgIpc) is 3.22. The third-order valence-electron chi connectivity index (χ3n) is 5.94. The van der Waals surface area contributed by atoms with Crippen molar-refractivity contribution in [2.75, 3.05) is 19.8 Å². The summed E-state index contributed by atoms with van der Waals surface area (Å²) in [6.07, 6.45) is 5.97. The molecule has 1 saturated carbocycles. The number of hydrogen-bond acceptors (Lipinski definition) is 4. The van der Waals surface area contributed by atoms with E-state index in [9.17, 15) is 9.59 Å². The molecule has 2 aliphatic rings. The van der Waals surface area contributed by atoms with Crippen LogP contribution >= 0.6 is 0 Å². The van der Waals surface area contributed by atoms with Gasteiger partial charge in [0.15, 0.2) is 0 Å². The summed E-state index contributed by atoms with van der Waals surface area (Å²) < 4.78 is 7.41. The third-order valence-corrected chi connectivity index (χ3v) is 5.94. The van der Waals surface area contributed by atoms with Crippen molar-refractivity contribution in [3.05, 3.63) is 17.0 Å². The number of hydrogen-bond donors (Lipinski definition) is 1. The molecule has 7 heteroatoms. The molecule has 27 heavy (non-hydrogen) atoms. The zero-order chi connectivity index (χ0) is 19.4. The van der Waals surface area contributed by atoms with Crippen LogP contribution in [0, 0.1) is 13.8 Å². The Labute approximate surface area is 161 Å². The van der Waals surface area contributed by atoms with Gasteiger partial charge in [0.05, 0.1) is 24.9 Å². The van der Waals surface area contributed by atoms with E-state index in [4.69, 9.17) is 4.74 Å². The van der Waals surface area contributed by atoms with Gasteiger partial charge in [0, 0.05) is 38.2 Å². The maximum Gasteiger partial charge on any atom is 0.223 e. The molecule has 7 nitrogen and oxygen atoms in total. The Bertz CT molecular complexity index is 679. The van der Waals surface area contributed by atoms with Crippen LogP contribution in [0.2, 0.25) is 0 Å². The van der Waals surface area contributed by atoms with Gasteiger partial charge >= 0.3 is 0 Å². The third kappa shape index (κ3) is 4.89. The number of nitrogens with one attached hydrogen (secondary N) is 1. The van der Waals surface area contributed by atoms with Crippen molar-refractivity contribution in [3.8, 4) is 0 Å². The fourth-order valence-corrected chi connectivity index (χ4v) is 4.28. The van der Waals surface area contributed by atoms with Gasteiger partial charge in [-0.15, -0.1) is 0 Å². The number of carbonyl (C=O) groups is 2. The molecule has 2 amide bonds. The van der Waals surface area contributed by atoms with Crippen LogP contribution < -0.4 is 5.32 Å². The summed E-state index contributed by atoms with van der Waals surface area (Å²) in [4.78, 5) is 27.1. The Hall–Kier alpha value is -1.89. The van der Waals surface area contributed by atoms with E-state index in [1.54, 1.807) is 0 Å². The van der Waals surface area contributed by atoms with E-state index in [1.807, 2.05) is 30.5 Å². The molecule has 0 radical (unpaired) electrons. The number of aromatic nitrogens is 2. The second kappa shape index (κ2) is 8.87. The molecular formula is C20H32N4O3. The van der Waals surface area contributed by atoms with Gasteiger partial charge in [-0.05, 0) is 38.7 Å². The van der Waals surface area contributed by atoms with Gasteiger partial charge in [-0.25, -0.2) is 0 Å². The summed E-state index contributed by atoms with van der Waals surface area (Å²) >= 11 is 0. The molecule has 150 valence electrons. The van der Waals surface area contributed by atoms with Crippen LogP contribution in [-0.2, 0) is 27.8 Å². The first-order valence-electron chi connectivity index (χ1n) is 10.1. The van der Waals surface area contributed by atoms with Crippen molar-refractivity contribution < 1.29 is 14.3 Å². The standard InChI is InChI=1S/C20H32N4O3/c1-14-18(15(2)23(3)22-14)8-9-20(26)24-10-11-27-13-17(24)12-19(25)21-16-6-4-5-7-16/h16-17H,4-13H2,1-3H3,(H,21,25). The molecule has 1 N–H and O–H groups in total. The zero-order valence-corrected chi connectivity index (χ0v) is 16.8. The fraction of sp³-hybridized carbons (Fsp3) is 0.750. The summed E-state index contributed by atoms with van der Waals surface area (Å²) in [5, 5.41) is 7.54. The molecule has 1 aromatic heterocycles. The van der Waals surface area contributed by atoms with Gasteiger partial charge in [0.25, 0.3) is 0 Å². The zero-order valence-electron chi connectivity index (χ0n) is 16.8. The normalized spacial score (nSPS) is 20.9. The molecule has 1 atom stereocenters. The lowest BCUT2D eigenvalue weighted by molar-refractivity contribution is -0.141. The van der Waals surface area contributed by atoms with Gasteiger partial charge in [-0.3, -0.25) is 14.3 Å². The maximum atomic E-state index is 12.8. The molecule has 2 heterocycles. The minimum absolute atomic E-state index is 0.0362. The molecule has 0 aromatic carbocycles. The van der Waals surface area contributed by atoms with E-state index in [1.165, 1.54) is 12.8 Å². The molecule has 0 spiro atoms. The van der Waals surface area contributed by atoms with Crippen LogP contribution in [0.4, 0.5) is 0 Å². The molecule has 0 bridgehead atoms. The van der Waals surface area contributed by atoms with Crippen LogP contribution in [0.25, 0.3) is 0 Å². The Morgan fingerprint density at radius 1 is 1.26 bits per heavy atom. The SMILES string of the molecule is Cc1nn(C)c(C)c1CCC(=O)N1CCOCC1CC(=O)NC1CCCC1. The van der Waals surface area contributed by atoms with Gasteiger partial charge < -0.3 is 15.0 Å². The van der Waals surface area contributed by atoms with E-state index in [-0.39, 0.29) is 17.9 Å². The van der Waals surface area contributed by atoms with Crippen molar-refractivity contribution in [2.45, 2.75) is 70.9 Å². The van der Waals surface area contributed by atoms with E-state index < -0.39 is 0 Å². The second-order valence-electron chi connectivity index (χ2n) is 7.84. The van der Waals surface area contributed by atoms with Crippen LogP contribution in [0.5, 0.6) is 0 Å². The van der Waals surface area contributed by atoms with Crippen LogP contribution in [0.3, 0.4) is 0 Å². The van der Waals surface area contributed by atoms with Crippen molar-refractivity contribution in [1.82, 2.24) is 20.0 Å². The topological polar surface area (TPSA) is 76.5 Å². The molecular weight excluding hydrogens is 344 g/mol. The lowest BCUT2D eigenvalue weighted by Gasteiger charge is -2.35. The smallest absolute Gasteiger partial charge is 0.223 e. The quantitative estimate of drug-likeness (QED) is 0.819. The van der Waals surface area contributed by atoms with Gasteiger partial charge in [0.2, 0.25) is 11.8 Å². The lowest BCUT2D eigenvalue weighted by atomic mass is 10.1. The van der Waals surface area contributed by atoms with Crippen molar-refractivity contribution in [2.24, 2.45) is 7.05 Å². The number of carbonyl (C=O) groups excluding carboxylic acids is 2. The Morgan fingerprint density at radius 3 is 2.67 bits per heavy atom. The lowest BCUT2D eigenvalue weighted by Crippen LogP contribution is -2.51. The van der Waals surface area contributed by atoms with Gasteiger partial charge in [-0.1, -0.05) is 12.8 Å². The molecule has 1 aliphatic heterocycles. The minimum atomic E-state index is -0.163. The number of rotatable bonds is 6. The minimum Gasteiger partial charge on any atom is -0.377 e. The first kappa shape index (κ1) is 19.9. The molecule has 1 unspecified atom stereocenters. The largest absolute Gasteiger partial charge is 0.377 e. The van der Waals surface area contributed by atoms with E-state index in [2.05, 4.69) is 10.4 Å². The van der Waals surface area contributed by atoms with E-state index >= 15 is 0 Å². The first-order valence-corrected chi connectivity index (χ1v) is 10.1. The second-order valence-corrected chi connectivity index (χ2v) is 7.84. The number of nitrogens with zero attached hydrogens (tertiary/aromatic N) is 3. The van der Waals surface area contributed by atoms with Gasteiger partial charge in [-0.2, -0.15) is 5.10 Å². The molecule has 3 rings (SSSR count). The van der Waals surface area contributed by atoms with Crippen LogP contribution in [-0.4, -0.2) is 58.3 Å². The monoisotopic (exact) mass is 376 g/mol. The predicted octanol–water partition coefficient (Wildman–Crippen LogP) is 1.65. The highest BCUT2D eigenvalue weighted by molar-refractivity contribution is 5.80. The number of aryl methyl sites for hydroxylation is 2. The Morgan fingerprint density at radius 2 is 2.00 bits per heavy atom. The van der Waals surface area contributed by atoms with E-state index in [0.717, 1.165) is 29.8 Å². The van der Waals surface area contributed by atoms with Crippen molar-refractivity contribution in [1.29, 1.82) is 0 Å². The Balaban J connectivity index is 1.55. The molecule has 1 saturated heterocycles. The Kier molecular flexibility index (Phi) is 6.52. The number of ether oxygens (including phenoxy) is 1. The number of amides is 2. The predicted molar refractivity (Wildman–Crippen MR) is 102 cm³/mol. The maximum absolute atomic E-state index is 12.8. The highest BCUT2D eigenvalue weighted by Crippen LogP contribution is 2.20. The molecule has 1 aliphatic carbocycles. The van der Waals surface area contributed by atoms with Crippen LogP contribution in [0.15, 0.2) is 0 Å². The summed E-state index contributed by atoms with van der Waals surface area (Å²) in [5.74, 6) is 0.133. The molecule has 1 aromatic rings. The summed E-state index contributed by atoms with van der Waals surface area (Å²) in [6, 6.07) is 0.145. The number of morpholine rings is 1. The molecule has 2 fully saturated rings. The summed E-state index contributed by atoms with van der Waals surface area (Å²) in [6.45, 7) is 5.56. The van der Waals surface area contributed by atoms with Crippen LogP contribution in [0.1, 0.15) is 55.5 Å². The first-order chi connectivity index (χ1) is 13.0. The van der Waals surface area contributed by atoms with Gasteiger partial charge in [0.1, 0.15) is 0 Å². The van der Waals surface area contributed by atoms with Crippen molar-refractivity contribution >= 4 is 11.8 Å². The highest BCUT2D eigenvalue weighted by atomic mass is 16.5.